The van der Waals surface area contributed by atoms with Crippen LogP contribution in [0, 0.1) is 0 Å². The van der Waals surface area contributed by atoms with Crippen LogP contribution >= 0.6 is 15.6 Å². The van der Waals surface area contributed by atoms with Crippen LogP contribution in [0.2, 0.25) is 0 Å². The van der Waals surface area contributed by atoms with Gasteiger partial charge in [0.2, 0.25) is 0 Å². The number of carbonyl (C=O) groups excluding carboxylic acids is 1. The van der Waals surface area contributed by atoms with Gasteiger partial charge in [-0.25, -0.2) is 13.9 Å². The third-order valence-corrected chi connectivity index (χ3v) is 5.80. The van der Waals surface area contributed by atoms with Gasteiger partial charge in [-0.2, -0.15) is 0 Å². The van der Waals surface area contributed by atoms with Crippen LogP contribution in [0.4, 0.5) is 0 Å². The number of aromatic nitrogens is 1. The number of aliphatic hydroxyl groups is 5. The van der Waals surface area contributed by atoms with Gasteiger partial charge in [0.05, 0.1) is 12.2 Å². The number of phosphoric ester groups is 2. The molecule has 8 N–H and O–H groups in total. The Morgan fingerprint density at radius 3 is 2.00 bits per heavy atom. The Labute approximate surface area is 185 Å². The average molecular weight is 519 g/mol. The molecule has 0 aromatic carbocycles. The quantitative estimate of drug-likeness (QED) is 0.113. The first-order valence-corrected chi connectivity index (χ1v) is 12.1. The van der Waals surface area contributed by atoms with Crippen LogP contribution in [0.15, 0.2) is 24.5 Å². The molecule has 0 spiro atoms. The van der Waals surface area contributed by atoms with E-state index in [4.69, 9.17) is 14.5 Å². The number of phosphoric acid groups is 2. The highest BCUT2D eigenvalue weighted by molar-refractivity contribution is 7.47. The zero-order valence-corrected chi connectivity index (χ0v) is 18.3. The number of rotatable bonds is 10. The van der Waals surface area contributed by atoms with Crippen LogP contribution in [-0.4, -0.2) is 107 Å². The molecule has 0 saturated heterocycles. The van der Waals surface area contributed by atoms with E-state index in [1.54, 1.807) is 0 Å². The van der Waals surface area contributed by atoms with E-state index in [2.05, 4.69) is 18.6 Å². The minimum absolute atomic E-state index is 0.0835. The predicted molar refractivity (Wildman–Crippen MR) is 102 cm³/mol. The van der Waals surface area contributed by atoms with E-state index < -0.39 is 77.6 Å². The van der Waals surface area contributed by atoms with Gasteiger partial charge in [-0.1, -0.05) is 0 Å². The van der Waals surface area contributed by atoms with Crippen LogP contribution in [0.25, 0.3) is 0 Å². The van der Waals surface area contributed by atoms with Crippen molar-refractivity contribution >= 4 is 21.6 Å². The molecule has 1 aromatic heterocycles. The molecular weight excluding hydrogens is 496 g/mol. The molecule has 188 valence electrons. The molecule has 1 aliphatic carbocycles. The molecule has 18 heteroatoms. The minimum atomic E-state index is -5.26. The highest BCUT2D eigenvalue weighted by atomic mass is 31.2. The van der Waals surface area contributed by atoms with Gasteiger partial charge < -0.3 is 44.9 Å². The second-order valence-electron chi connectivity index (χ2n) is 6.85. The standard InChI is InChI=1S/C15H23NO15P2/c17-8(5-28-15(22)7-2-1-3-16-4-7)6-29-33(26,27)31-14-11(20)9(18)13(10(19)12(14)21)30-32(23,24)25/h1-4,8-14,17-21H,5-6H2,(H,26,27)(H2,23,24,25). The monoisotopic (exact) mass is 519 g/mol. The summed E-state index contributed by atoms with van der Waals surface area (Å²) in [6.07, 6.45) is -12.3. The molecule has 1 aromatic rings. The number of esters is 1. The lowest BCUT2D eigenvalue weighted by Gasteiger charge is -2.43. The molecule has 1 heterocycles. The molecule has 0 radical (unpaired) electrons. The van der Waals surface area contributed by atoms with Crippen LogP contribution in [0.3, 0.4) is 0 Å². The maximum absolute atomic E-state index is 12.1. The van der Waals surface area contributed by atoms with E-state index in [9.17, 15) is 44.4 Å². The van der Waals surface area contributed by atoms with Gasteiger partial charge in [0.1, 0.15) is 49.3 Å². The highest BCUT2D eigenvalue weighted by Gasteiger charge is 2.54. The summed E-state index contributed by atoms with van der Waals surface area (Å²) in [6, 6.07) is 2.87. The number of nitrogens with zero attached hydrogens (tertiary/aromatic N) is 1. The van der Waals surface area contributed by atoms with Crippen LogP contribution < -0.4 is 0 Å². The fraction of sp³-hybridized carbons (Fsp3) is 0.600. The smallest absolute Gasteiger partial charge is 0.459 e. The SMILES string of the molecule is O=C(OCC(O)COP(=O)(O)OC1C(O)C(O)C(OP(=O)(O)O)C(O)C1O)c1cccnc1. The topological polar surface area (TPSA) is 263 Å². The molecule has 33 heavy (non-hydrogen) atoms. The second-order valence-corrected chi connectivity index (χ2v) is 9.45. The Morgan fingerprint density at radius 1 is 0.970 bits per heavy atom. The number of hydrogen-bond donors (Lipinski definition) is 8. The van der Waals surface area contributed by atoms with Gasteiger partial charge in [0, 0.05) is 12.4 Å². The van der Waals surface area contributed by atoms with E-state index in [-0.39, 0.29) is 5.56 Å². The van der Waals surface area contributed by atoms with Gasteiger partial charge in [0.15, 0.2) is 0 Å². The summed E-state index contributed by atoms with van der Waals surface area (Å²) >= 11 is 0. The summed E-state index contributed by atoms with van der Waals surface area (Å²) in [5, 5.41) is 49.6. The summed E-state index contributed by atoms with van der Waals surface area (Å²) in [5.41, 5.74) is 0.0835. The van der Waals surface area contributed by atoms with Crippen molar-refractivity contribution in [2.24, 2.45) is 0 Å². The zero-order chi connectivity index (χ0) is 25.0. The summed E-state index contributed by atoms with van der Waals surface area (Å²) in [5.74, 6) is -0.839. The maximum atomic E-state index is 12.1. The molecule has 1 saturated carbocycles. The lowest BCUT2D eigenvalue weighted by molar-refractivity contribution is -0.216. The van der Waals surface area contributed by atoms with E-state index >= 15 is 0 Å². The molecule has 0 bridgehead atoms. The zero-order valence-electron chi connectivity index (χ0n) is 16.5. The molecular formula is C15H23NO15P2. The van der Waals surface area contributed by atoms with E-state index in [1.165, 1.54) is 24.5 Å². The van der Waals surface area contributed by atoms with Gasteiger partial charge in [-0.15, -0.1) is 0 Å². The first kappa shape index (κ1) is 27.9. The van der Waals surface area contributed by atoms with Gasteiger partial charge in [0.25, 0.3) is 0 Å². The number of carbonyl (C=O) groups is 1. The lowest BCUT2D eigenvalue weighted by Crippen LogP contribution is -2.64. The maximum Gasteiger partial charge on any atom is 0.472 e. The van der Waals surface area contributed by atoms with E-state index in [0.717, 1.165) is 0 Å². The molecule has 6 unspecified atom stereocenters. The summed E-state index contributed by atoms with van der Waals surface area (Å²) < 4.78 is 41.0. The van der Waals surface area contributed by atoms with Crippen molar-refractivity contribution in [2.75, 3.05) is 13.2 Å². The fourth-order valence-corrected chi connectivity index (χ4v) is 4.29. The summed E-state index contributed by atoms with van der Waals surface area (Å²) in [7, 11) is -10.4. The highest BCUT2D eigenvalue weighted by Crippen LogP contribution is 2.48. The van der Waals surface area contributed by atoms with Crippen LogP contribution in [0.1, 0.15) is 10.4 Å². The number of ether oxygens (including phenoxy) is 1. The van der Waals surface area contributed by atoms with Crippen molar-refractivity contribution in [3.05, 3.63) is 30.1 Å². The van der Waals surface area contributed by atoms with Crippen LogP contribution in [-0.2, 0) is 27.4 Å². The average Bonchev–Trinajstić information content (AvgIpc) is 2.75. The minimum Gasteiger partial charge on any atom is -0.459 e. The summed E-state index contributed by atoms with van der Waals surface area (Å²) in [6.45, 7) is -1.57. The third kappa shape index (κ3) is 8.12. The molecule has 1 aliphatic rings. The Balaban J connectivity index is 1.90. The Bertz CT molecular complexity index is 865. The van der Waals surface area contributed by atoms with Crippen molar-refractivity contribution in [1.82, 2.24) is 4.98 Å². The molecule has 6 atom stereocenters. The predicted octanol–water partition coefficient (Wildman–Crippen LogP) is -2.96. The van der Waals surface area contributed by atoms with Crippen molar-refractivity contribution < 1.29 is 72.4 Å². The van der Waals surface area contributed by atoms with Gasteiger partial charge >= 0.3 is 21.6 Å². The number of pyridine rings is 1. The summed E-state index contributed by atoms with van der Waals surface area (Å²) in [4.78, 5) is 42.8. The first-order chi connectivity index (χ1) is 15.2. The second kappa shape index (κ2) is 11.4. The molecule has 0 aliphatic heterocycles. The largest absolute Gasteiger partial charge is 0.472 e. The molecule has 0 amide bonds. The number of hydrogen-bond acceptors (Lipinski definition) is 13. The third-order valence-electron chi connectivity index (χ3n) is 4.29. The Kier molecular flexibility index (Phi) is 9.61. The van der Waals surface area contributed by atoms with Crippen molar-refractivity contribution in [3.63, 3.8) is 0 Å². The first-order valence-electron chi connectivity index (χ1n) is 9.09. The Morgan fingerprint density at radius 2 is 1.52 bits per heavy atom. The number of aliphatic hydroxyl groups excluding tert-OH is 5. The molecule has 1 fully saturated rings. The van der Waals surface area contributed by atoms with Crippen molar-refractivity contribution in [3.8, 4) is 0 Å². The molecule has 2 rings (SSSR count). The van der Waals surface area contributed by atoms with E-state index in [0.29, 0.717) is 0 Å². The van der Waals surface area contributed by atoms with E-state index in [1.807, 2.05) is 0 Å². The van der Waals surface area contributed by atoms with Crippen molar-refractivity contribution in [2.45, 2.75) is 42.7 Å². The van der Waals surface area contributed by atoms with Gasteiger partial charge in [-0.05, 0) is 12.1 Å². The van der Waals surface area contributed by atoms with Crippen LogP contribution in [0.5, 0.6) is 0 Å². The van der Waals surface area contributed by atoms with Gasteiger partial charge in [-0.3, -0.25) is 18.6 Å². The fourth-order valence-electron chi connectivity index (χ4n) is 2.74. The lowest BCUT2D eigenvalue weighted by atomic mass is 9.85. The molecule has 16 nitrogen and oxygen atoms in total. The Hall–Kier alpha value is -1.36. The normalized spacial score (nSPS) is 30.9. The van der Waals surface area contributed by atoms with Crippen molar-refractivity contribution in [1.29, 1.82) is 0 Å².